The van der Waals surface area contributed by atoms with E-state index < -0.39 is 0 Å². The molecule has 8 nitrogen and oxygen atoms in total. The van der Waals surface area contributed by atoms with Crippen LogP contribution in [0.3, 0.4) is 0 Å². The molecule has 3 aromatic rings. The van der Waals surface area contributed by atoms with Crippen molar-refractivity contribution in [1.82, 2.24) is 14.8 Å². The zero-order chi connectivity index (χ0) is 26.5. The maximum absolute atomic E-state index is 13.0. The molecule has 3 heterocycles. The van der Waals surface area contributed by atoms with E-state index in [0.29, 0.717) is 38.1 Å². The molecule has 1 saturated heterocycles. The zero-order valence-corrected chi connectivity index (χ0v) is 22.3. The second-order valence-corrected chi connectivity index (χ2v) is 10.2. The van der Waals surface area contributed by atoms with Crippen LogP contribution in [0.4, 0.5) is 0 Å². The molecule has 202 valence electrons. The monoisotopic (exact) mass is 519 g/mol. The van der Waals surface area contributed by atoms with Gasteiger partial charge in [0.25, 0.3) is 5.56 Å². The van der Waals surface area contributed by atoms with E-state index in [4.69, 9.17) is 14.2 Å². The predicted molar refractivity (Wildman–Crippen MR) is 147 cm³/mol. The van der Waals surface area contributed by atoms with Gasteiger partial charge in [0.2, 0.25) is 0 Å². The number of carbonyl (C=O) groups is 1. The van der Waals surface area contributed by atoms with E-state index in [-0.39, 0.29) is 11.5 Å². The maximum Gasteiger partial charge on any atom is 0.338 e. The molecule has 0 amide bonds. The number of piperidine rings is 1. The molecule has 0 atom stereocenters. The molecule has 1 fully saturated rings. The first-order chi connectivity index (χ1) is 18.5. The van der Waals surface area contributed by atoms with Crippen molar-refractivity contribution in [2.75, 3.05) is 32.9 Å². The number of nitrogens with zero attached hydrogens (tertiary/aromatic N) is 2. The number of pyridine rings is 1. The number of aromatic nitrogens is 1. The minimum atomic E-state index is -0.342. The highest BCUT2D eigenvalue weighted by atomic mass is 16.6. The number of ether oxygens (including phenoxy) is 3. The third-order valence-electron chi connectivity index (χ3n) is 7.42. The van der Waals surface area contributed by atoms with E-state index in [0.717, 1.165) is 73.3 Å². The van der Waals surface area contributed by atoms with E-state index in [2.05, 4.69) is 29.3 Å². The van der Waals surface area contributed by atoms with Crippen molar-refractivity contribution in [2.45, 2.75) is 58.8 Å². The number of esters is 1. The Labute approximate surface area is 223 Å². The zero-order valence-electron chi connectivity index (χ0n) is 22.3. The Morgan fingerprint density at radius 1 is 1.05 bits per heavy atom. The van der Waals surface area contributed by atoms with Gasteiger partial charge in [-0.15, -0.1) is 0 Å². The molecule has 0 bridgehead atoms. The summed E-state index contributed by atoms with van der Waals surface area (Å²) in [4.78, 5) is 27.9. The molecular weight excluding hydrogens is 482 g/mol. The summed E-state index contributed by atoms with van der Waals surface area (Å²) in [5, 5.41) is 4.65. The van der Waals surface area contributed by atoms with Crippen molar-refractivity contribution < 1.29 is 19.0 Å². The summed E-state index contributed by atoms with van der Waals surface area (Å²) in [6.07, 6.45) is 3.80. The van der Waals surface area contributed by atoms with Crippen LogP contribution in [0, 0.1) is 6.92 Å². The third-order valence-corrected chi connectivity index (χ3v) is 7.42. The van der Waals surface area contributed by atoms with Crippen LogP contribution >= 0.6 is 0 Å². The van der Waals surface area contributed by atoms with E-state index in [9.17, 15) is 9.59 Å². The largest absolute Gasteiger partial charge is 0.486 e. The minimum Gasteiger partial charge on any atom is -0.486 e. The summed E-state index contributed by atoms with van der Waals surface area (Å²) in [5.74, 6) is 1.29. The average Bonchev–Trinajstić information content (AvgIpc) is 2.94. The van der Waals surface area contributed by atoms with E-state index >= 15 is 0 Å². The Bertz CT molecular complexity index is 1340. The Morgan fingerprint density at radius 2 is 1.84 bits per heavy atom. The fourth-order valence-electron chi connectivity index (χ4n) is 5.15. The van der Waals surface area contributed by atoms with Gasteiger partial charge in [-0.05, 0) is 61.6 Å². The molecule has 1 aromatic heterocycles. The van der Waals surface area contributed by atoms with Gasteiger partial charge >= 0.3 is 5.97 Å². The molecule has 5 rings (SSSR count). The standard InChI is InChI=1S/C30H37N3O5/c1-3-4-13-38-30(35)23-6-7-25-21(2)16-29(34)33(26(25)18-23)20-32-11-9-24(10-12-32)31-19-22-5-8-27-28(17-22)37-15-14-36-27/h5-8,16-18,24,31H,3-4,9-15,19-20H2,1-2H3. The Morgan fingerprint density at radius 3 is 2.63 bits per heavy atom. The molecule has 0 saturated carbocycles. The summed E-state index contributed by atoms with van der Waals surface area (Å²) in [6, 6.07) is 13.7. The molecule has 2 aromatic carbocycles. The number of carbonyl (C=O) groups excluding carboxylic acids is 1. The number of aryl methyl sites for hydroxylation is 1. The number of hydrogen-bond donors (Lipinski definition) is 1. The number of likely N-dealkylation sites (tertiary alicyclic amines) is 1. The van der Waals surface area contributed by atoms with Gasteiger partial charge < -0.3 is 19.5 Å². The van der Waals surface area contributed by atoms with Crippen LogP contribution < -0.4 is 20.3 Å². The number of rotatable bonds is 9. The van der Waals surface area contributed by atoms with Gasteiger partial charge in [-0.25, -0.2) is 4.79 Å². The summed E-state index contributed by atoms with van der Waals surface area (Å²) in [6.45, 7) is 8.65. The molecule has 38 heavy (non-hydrogen) atoms. The smallest absolute Gasteiger partial charge is 0.338 e. The summed E-state index contributed by atoms with van der Waals surface area (Å²) in [7, 11) is 0. The Balaban J connectivity index is 1.22. The van der Waals surface area contributed by atoms with Crippen molar-refractivity contribution >= 4 is 16.9 Å². The average molecular weight is 520 g/mol. The highest BCUT2D eigenvalue weighted by molar-refractivity contribution is 5.95. The van der Waals surface area contributed by atoms with Gasteiger partial charge in [0.1, 0.15) is 13.2 Å². The van der Waals surface area contributed by atoms with Crippen LogP contribution in [0.5, 0.6) is 11.5 Å². The lowest BCUT2D eigenvalue weighted by molar-refractivity contribution is 0.0500. The van der Waals surface area contributed by atoms with Gasteiger partial charge in [-0.3, -0.25) is 14.3 Å². The molecule has 2 aliphatic heterocycles. The highest BCUT2D eigenvalue weighted by Gasteiger charge is 2.21. The lowest BCUT2D eigenvalue weighted by Gasteiger charge is -2.33. The third kappa shape index (κ3) is 6.03. The molecule has 0 unspecified atom stereocenters. The Hall–Kier alpha value is -3.36. The summed E-state index contributed by atoms with van der Waals surface area (Å²) in [5.41, 5.74) is 3.30. The van der Waals surface area contributed by atoms with Crippen LogP contribution in [0.2, 0.25) is 0 Å². The van der Waals surface area contributed by atoms with Gasteiger partial charge in [-0.1, -0.05) is 25.5 Å². The van der Waals surface area contributed by atoms with Crippen molar-refractivity contribution in [2.24, 2.45) is 0 Å². The van der Waals surface area contributed by atoms with Gasteiger partial charge in [-0.2, -0.15) is 0 Å². The van der Waals surface area contributed by atoms with Crippen LogP contribution in [0.15, 0.2) is 47.3 Å². The summed E-state index contributed by atoms with van der Waals surface area (Å²) < 4.78 is 18.5. The van der Waals surface area contributed by atoms with Crippen molar-refractivity contribution in [1.29, 1.82) is 0 Å². The van der Waals surface area contributed by atoms with Crippen LogP contribution in [-0.4, -0.2) is 54.4 Å². The number of hydrogen-bond acceptors (Lipinski definition) is 7. The molecule has 0 aliphatic carbocycles. The van der Waals surface area contributed by atoms with E-state index in [1.807, 2.05) is 19.1 Å². The van der Waals surface area contributed by atoms with Crippen molar-refractivity contribution in [3.8, 4) is 11.5 Å². The van der Waals surface area contributed by atoms with Crippen LogP contribution in [0.25, 0.3) is 10.9 Å². The number of benzene rings is 2. The van der Waals surface area contributed by atoms with Crippen molar-refractivity contribution in [3.63, 3.8) is 0 Å². The SMILES string of the molecule is CCCCOC(=O)c1ccc2c(C)cc(=O)n(CN3CCC(NCc4ccc5c(c4)OCCO5)CC3)c2c1. The second-order valence-electron chi connectivity index (χ2n) is 10.2. The number of nitrogens with one attached hydrogen (secondary N) is 1. The normalized spacial score (nSPS) is 16.1. The molecule has 1 N–H and O–H groups in total. The topological polar surface area (TPSA) is 82.0 Å². The summed E-state index contributed by atoms with van der Waals surface area (Å²) >= 11 is 0. The first-order valence-corrected chi connectivity index (χ1v) is 13.7. The lowest BCUT2D eigenvalue weighted by Crippen LogP contribution is -2.44. The quantitative estimate of drug-likeness (QED) is 0.334. The van der Waals surface area contributed by atoms with Gasteiger partial charge in [0, 0.05) is 37.1 Å². The Kier molecular flexibility index (Phi) is 8.29. The first kappa shape index (κ1) is 26.3. The van der Waals surface area contributed by atoms with Crippen LogP contribution in [0.1, 0.15) is 54.1 Å². The minimum absolute atomic E-state index is 0.0506. The fraction of sp³-hybridized carbons (Fsp3) is 0.467. The van der Waals surface area contributed by atoms with E-state index in [1.54, 1.807) is 22.8 Å². The van der Waals surface area contributed by atoms with E-state index in [1.165, 1.54) is 5.56 Å². The highest BCUT2D eigenvalue weighted by Crippen LogP contribution is 2.30. The van der Waals surface area contributed by atoms with Gasteiger partial charge in [0.05, 0.1) is 24.4 Å². The molecule has 2 aliphatic rings. The molecule has 0 radical (unpaired) electrons. The maximum atomic E-state index is 13.0. The molecule has 8 heteroatoms. The lowest BCUT2D eigenvalue weighted by atomic mass is 10.0. The first-order valence-electron chi connectivity index (χ1n) is 13.7. The number of fused-ring (bicyclic) bond motifs is 2. The molecule has 0 spiro atoms. The fourth-order valence-corrected chi connectivity index (χ4v) is 5.15. The number of unbranched alkanes of at least 4 members (excludes halogenated alkanes) is 1. The van der Waals surface area contributed by atoms with Crippen molar-refractivity contribution in [3.05, 3.63) is 69.5 Å². The van der Waals surface area contributed by atoms with Crippen LogP contribution in [-0.2, 0) is 18.0 Å². The molecular formula is C30H37N3O5. The predicted octanol–water partition coefficient (Wildman–Crippen LogP) is 4.25. The second kappa shape index (κ2) is 12.0. The van der Waals surface area contributed by atoms with Gasteiger partial charge in [0.15, 0.2) is 11.5 Å².